The molecule has 2 amide bonds. The number of nitrogens with zero attached hydrogens (tertiary/aromatic N) is 4. The quantitative estimate of drug-likeness (QED) is 0.517. The van der Waals surface area contributed by atoms with E-state index in [1.807, 2.05) is 0 Å². The normalized spacial score (nSPS) is 37.4. The van der Waals surface area contributed by atoms with Crippen molar-refractivity contribution in [2.75, 3.05) is 59.4 Å². The van der Waals surface area contributed by atoms with E-state index in [2.05, 4.69) is 37.3 Å². The molecule has 0 aromatic heterocycles. The minimum absolute atomic E-state index is 0.0760. The summed E-state index contributed by atoms with van der Waals surface area (Å²) in [5.41, 5.74) is 0. The van der Waals surface area contributed by atoms with Gasteiger partial charge in [0, 0.05) is 69.7 Å². The van der Waals surface area contributed by atoms with Gasteiger partial charge in [-0.1, -0.05) is 6.42 Å². The van der Waals surface area contributed by atoms with Crippen LogP contribution in [-0.2, 0) is 9.59 Å². The van der Waals surface area contributed by atoms with Crippen LogP contribution in [0.15, 0.2) is 0 Å². The van der Waals surface area contributed by atoms with E-state index in [4.69, 9.17) is 11.6 Å². The summed E-state index contributed by atoms with van der Waals surface area (Å²) in [5.74, 6) is 1.04. The van der Waals surface area contributed by atoms with Gasteiger partial charge in [-0.3, -0.25) is 24.3 Å². The molecular formula is C27H47ClN6O2. The molecule has 6 atom stereocenters. The topological polar surface area (TPSA) is 71.2 Å². The lowest BCUT2D eigenvalue weighted by atomic mass is 9.88. The van der Waals surface area contributed by atoms with Crippen LogP contribution in [0.2, 0.25) is 0 Å². The van der Waals surface area contributed by atoms with E-state index in [-0.39, 0.29) is 29.9 Å². The fourth-order valence-electron chi connectivity index (χ4n) is 7.45. The summed E-state index contributed by atoms with van der Waals surface area (Å²) in [6, 6.07) is 0.366. The molecule has 5 aliphatic rings. The average molecular weight is 523 g/mol. The summed E-state index contributed by atoms with van der Waals surface area (Å²) in [6.07, 6.45) is 11.3. The third kappa shape index (κ3) is 6.20. The van der Waals surface area contributed by atoms with Crippen LogP contribution in [-0.4, -0.2) is 120 Å². The van der Waals surface area contributed by atoms with Crippen molar-refractivity contribution in [2.45, 2.75) is 93.9 Å². The second-order valence-electron chi connectivity index (χ2n) is 11.9. The zero-order valence-corrected chi connectivity index (χ0v) is 22.9. The Morgan fingerprint density at radius 3 is 2.61 bits per heavy atom. The predicted octanol–water partition coefficient (Wildman–Crippen LogP) is 1.68. The number of fused-ring (bicyclic) bond motifs is 1. The van der Waals surface area contributed by atoms with Gasteiger partial charge in [0.2, 0.25) is 11.8 Å². The lowest BCUT2D eigenvalue weighted by molar-refractivity contribution is -0.134. The van der Waals surface area contributed by atoms with Gasteiger partial charge in [-0.15, -0.1) is 11.6 Å². The van der Waals surface area contributed by atoms with Crippen molar-refractivity contribution in [2.24, 2.45) is 5.92 Å². The Balaban J connectivity index is 1.10. The van der Waals surface area contributed by atoms with Crippen LogP contribution in [0.4, 0.5) is 0 Å². The van der Waals surface area contributed by atoms with Crippen molar-refractivity contribution in [3.05, 3.63) is 0 Å². The Labute approximate surface area is 222 Å². The van der Waals surface area contributed by atoms with Crippen LogP contribution < -0.4 is 10.6 Å². The van der Waals surface area contributed by atoms with Crippen LogP contribution in [0.25, 0.3) is 0 Å². The van der Waals surface area contributed by atoms with Crippen molar-refractivity contribution in [1.82, 2.24) is 30.2 Å². The molecular weight excluding hydrogens is 476 g/mol. The smallest absolute Gasteiger partial charge is 0.239 e. The van der Waals surface area contributed by atoms with Crippen LogP contribution in [0.3, 0.4) is 0 Å². The van der Waals surface area contributed by atoms with Crippen molar-refractivity contribution in [1.29, 1.82) is 0 Å². The Hall–Kier alpha value is -0.930. The first kappa shape index (κ1) is 26.7. The SMILES string of the molecule is CN1C(CCC(=O)N2CCN(C3CCCCN3)CC2)CNC(=O)C2C1CCN2CC1CCCC(Cl)C1. The summed E-state index contributed by atoms with van der Waals surface area (Å²) < 4.78 is 0. The highest BCUT2D eigenvalue weighted by atomic mass is 35.5. The van der Waals surface area contributed by atoms with Gasteiger partial charge in [0.05, 0.1) is 6.17 Å². The molecule has 0 aromatic rings. The number of likely N-dealkylation sites (N-methyl/N-ethyl adjacent to an activating group) is 1. The molecule has 204 valence electrons. The predicted molar refractivity (Wildman–Crippen MR) is 143 cm³/mol. The number of nitrogens with one attached hydrogen (secondary N) is 2. The molecule has 0 aromatic carbocycles. The number of halogens is 1. The summed E-state index contributed by atoms with van der Waals surface area (Å²) >= 11 is 6.45. The van der Waals surface area contributed by atoms with Crippen molar-refractivity contribution >= 4 is 23.4 Å². The number of carbonyl (C=O) groups is 2. The molecule has 9 heteroatoms. The number of hydrogen-bond donors (Lipinski definition) is 2. The molecule has 1 aliphatic carbocycles. The summed E-state index contributed by atoms with van der Waals surface area (Å²) in [4.78, 5) is 35.6. The highest BCUT2D eigenvalue weighted by molar-refractivity contribution is 6.20. The van der Waals surface area contributed by atoms with Crippen molar-refractivity contribution in [3.8, 4) is 0 Å². The molecule has 4 heterocycles. The molecule has 1 saturated carbocycles. The maximum Gasteiger partial charge on any atom is 0.239 e. The number of piperazine rings is 1. The lowest BCUT2D eigenvalue weighted by Crippen LogP contribution is -2.56. The first-order chi connectivity index (χ1) is 17.5. The molecule has 6 unspecified atom stereocenters. The minimum atomic E-state index is -0.0760. The van der Waals surface area contributed by atoms with Gasteiger partial charge in [-0.2, -0.15) is 0 Å². The fourth-order valence-corrected chi connectivity index (χ4v) is 7.86. The van der Waals surface area contributed by atoms with Gasteiger partial charge in [0.25, 0.3) is 0 Å². The highest BCUT2D eigenvalue weighted by Gasteiger charge is 2.45. The molecule has 4 saturated heterocycles. The van der Waals surface area contributed by atoms with E-state index in [1.165, 1.54) is 32.1 Å². The Morgan fingerprint density at radius 2 is 1.86 bits per heavy atom. The maximum absolute atomic E-state index is 13.2. The molecule has 2 N–H and O–H groups in total. The Kier molecular flexibility index (Phi) is 9.10. The third-order valence-electron chi connectivity index (χ3n) is 9.64. The number of amides is 2. The van der Waals surface area contributed by atoms with E-state index in [9.17, 15) is 9.59 Å². The average Bonchev–Trinajstić information content (AvgIpc) is 3.27. The summed E-state index contributed by atoms with van der Waals surface area (Å²) in [6.45, 7) is 7.30. The van der Waals surface area contributed by atoms with Crippen LogP contribution in [0.5, 0.6) is 0 Å². The Morgan fingerprint density at radius 1 is 1.03 bits per heavy atom. The molecule has 4 aliphatic heterocycles. The molecule has 0 radical (unpaired) electrons. The first-order valence-electron chi connectivity index (χ1n) is 14.6. The zero-order chi connectivity index (χ0) is 25.1. The Bertz CT molecular complexity index is 757. The number of rotatable bonds is 6. The lowest BCUT2D eigenvalue weighted by Gasteiger charge is -2.41. The van der Waals surface area contributed by atoms with E-state index in [0.717, 1.165) is 71.5 Å². The first-order valence-corrected chi connectivity index (χ1v) is 15.1. The van der Waals surface area contributed by atoms with Gasteiger partial charge in [0.1, 0.15) is 6.04 Å². The van der Waals surface area contributed by atoms with E-state index >= 15 is 0 Å². The number of carbonyl (C=O) groups excluding carboxylic acids is 2. The van der Waals surface area contributed by atoms with E-state index < -0.39 is 0 Å². The second kappa shape index (κ2) is 12.3. The maximum atomic E-state index is 13.2. The summed E-state index contributed by atoms with van der Waals surface area (Å²) in [5, 5.41) is 7.16. The van der Waals surface area contributed by atoms with Crippen molar-refractivity contribution < 1.29 is 9.59 Å². The van der Waals surface area contributed by atoms with E-state index in [1.54, 1.807) is 0 Å². The summed E-state index contributed by atoms with van der Waals surface area (Å²) in [7, 11) is 2.17. The molecule has 36 heavy (non-hydrogen) atoms. The molecule has 0 bridgehead atoms. The zero-order valence-electron chi connectivity index (χ0n) is 22.2. The number of hydrogen-bond acceptors (Lipinski definition) is 6. The monoisotopic (exact) mass is 522 g/mol. The molecule has 5 rings (SSSR count). The molecule has 8 nitrogen and oxygen atoms in total. The van der Waals surface area contributed by atoms with Gasteiger partial charge in [-0.05, 0) is 70.9 Å². The molecule has 0 spiro atoms. The van der Waals surface area contributed by atoms with Crippen LogP contribution >= 0.6 is 11.6 Å². The number of likely N-dealkylation sites (tertiary alicyclic amines) is 1. The number of alkyl halides is 1. The molecule has 5 fully saturated rings. The van der Waals surface area contributed by atoms with Crippen LogP contribution in [0, 0.1) is 5.92 Å². The fraction of sp³-hybridized carbons (Fsp3) is 0.926. The van der Waals surface area contributed by atoms with Gasteiger partial charge < -0.3 is 15.5 Å². The van der Waals surface area contributed by atoms with Gasteiger partial charge >= 0.3 is 0 Å². The third-order valence-corrected chi connectivity index (χ3v) is 10.0. The van der Waals surface area contributed by atoms with Gasteiger partial charge in [-0.25, -0.2) is 0 Å². The van der Waals surface area contributed by atoms with Crippen LogP contribution in [0.1, 0.15) is 64.2 Å². The van der Waals surface area contributed by atoms with Gasteiger partial charge in [0.15, 0.2) is 0 Å². The van der Waals surface area contributed by atoms with Crippen molar-refractivity contribution in [3.63, 3.8) is 0 Å². The largest absolute Gasteiger partial charge is 0.353 e. The number of piperidine rings is 1. The highest BCUT2D eigenvalue weighted by Crippen LogP contribution is 2.33. The second-order valence-corrected chi connectivity index (χ2v) is 12.5. The van der Waals surface area contributed by atoms with E-state index in [0.29, 0.717) is 30.4 Å². The standard InChI is InChI=1S/C27H47ClN6O2/c1-31-22(8-9-25(35)33-15-13-32(14-16-33)24-7-2-3-11-29-24)18-30-27(36)26-23(31)10-12-34(26)19-20-5-4-6-21(28)17-20/h20-24,26,29H,2-19H2,1H3,(H,30,36). The minimum Gasteiger partial charge on any atom is -0.353 e.